The standard InChI is InChI=1S/C16H20N2O/c1-11-5-6-14(7-12(11)2)17-10-15-9-16(19-4)8-13(3)18-15/h5-9,17H,10H2,1-4H3. The van der Waals surface area contributed by atoms with Crippen LogP contribution in [-0.2, 0) is 6.54 Å². The Morgan fingerprint density at radius 3 is 2.53 bits per heavy atom. The second kappa shape index (κ2) is 5.74. The topological polar surface area (TPSA) is 34.1 Å². The normalized spacial score (nSPS) is 10.3. The molecule has 1 aromatic heterocycles. The van der Waals surface area contributed by atoms with Gasteiger partial charge in [-0.05, 0) is 44.0 Å². The summed E-state index contributed by atoms with van der Waals surface area (Å²) >= 11 is 0. The number of hydrogen-bond acceptors (Lipinski definition) is 3. The van der Waals surface area contributed by atoms with Crippen molar-refractivity contribution >= 4 is 5.69 Å². The van der Waals surface area contributed by atoms with Gasteiger partial charge in [-0.1, -0.05) is 6.07 Å². The molecule has 0 bridgehead atoms. The number of hydrogen-bond donors (Lipinski definition) is 1. The van der Waals surface area contributed by atoms with Crippen LogP contribution in [-0.4, -0.2) is 12.1 Å². The number of rotatable bonds is 4. The maximum atomic E-state index is 5.25. The average Bonchev–Trinajstić information content (AvgIpc) is 2.39. The molecule has 0 aliphatic carbocycles. The molecule has 100 valence electrons. The minimum Gasteiger partial charge on any atom is -0.497 e. The van der Waals surface area contributed by atoms with Crippen LogP contribution in [0.5, 0.6) is 5.75 Å². The Labute approximate surface area is 114 Å². The number of aryl methyl sites for hydroxylation is 3. The van der Waals surface area contributed by atoms with Gasteiger partial charge in [0.2, 0.25) is 0 Å². The Kier molecular flexibility index (Phi) is 4.05. The van der Waals surface area contributed by atoms with Crippen LogP contribution in [0, 0.1) is 20.8 Å². The number of aromatic nitrogens is 1. The number of ether oxygens (including phenoxy) is 1. The number of anilines is 1. The predicted molar refractivity (Wildman–Crippen MR) is 78.8 cm³/mol. The molecule has 0 fully saturated rings. The van der Waals surface area contributed by atoms with Gasteiger partial charge in [-0.2, -0.15) is 0 Å². The third kappa shape index (κ3) is 3.47. The van der Waals surface area contributed by atoms with Crippen LogP contribution in [0.25, 0.3) is 0 Å². The van der Waals surface area contributed by atoms with Crippen LogP contribution in [0.2, 0.25) is 0 Å². The van der Waals surface area contributed by atoms with E-state index in [0.717, 1.165) is 22.8 Å². The molecule has 0 aliphatic heterocycles. The van der Waals surface area contributed by atoms with Gasteiger partial charge in [-0.3, -0.25) is 4.98 Å². The molecule has 0 spiro atoms. The van der Waals surface area contributed by atoms with Crippen molar-refractivity contribution in [3.05, 3.63) is 52.8 Å². The van der Waals surface area contributed by atoms with Gasteiger partial charge in [0.1, 0.15) is 5.75 Å². The largest absolute Gasteiger partial charge is 0.497 e. The first-order valence-corrected chi connectivity index (χ1v) is 6.41. The van der Waals surface area contributed by atoms with Crippen molar-refractivity contribution in [2.24, 2.45) is 0 Å². The molecule has 0 radical (unpaired) electrons. The molecular weight excluding hydrogens is 236 g/mol. The van der Waals surface area contributed by atoms with Gasteiger partial charge < -0.3 is 10.1 Å². The van der Waals surface area contributed by atoms with Gasteiger partial charge in [0, 0.05) is 23.5 Å². The Morgan fingerprint density at radius 1 is 1.05 bits per heavy atom. The van der Waals surface area contributed by atoms with E-state index in [1.165, 1.54) is 11.1 Å². The molecular formula is C16H20N2O. The number of nitrogens with one attached hydrogen (secondary N) is 1. The molecule has 3 heteroatoms. The first-order chi connectivity index (χ1) is 9.08. The highest BCUT2D eigenvalue weighted by atomic mass is 16.5. The van der Waals surface area contributed by atoms with Crippen molar-refractivity contribution in [1.82, 2.24) is 4.98 Å². The molecule has 0 saturated carbocycles. The van der Waals surface area contributed by atoms with E-state index in [1.807, 2.05) is 19.1 Å². The van der Waals surface area contributed by atoms with Crippen molar-refractivity contribution in [2.45, 2.75) is 27.3 Å². The van der Waals surface area contributed by atoms with Gasteiger partial charge in [0.15, 0.2) is 0 Å². The predicted octanol–water partition coefficient (Wildman–Crippen LogP) is 3.63. The average molecular weight is 256 g/mol. The van der Waals surface area contributed by atoms with E-state index in [0.29, 0.717) is 6.54 Å². The summed E-state index contributed by atoms with van der Waals surface area (Å²) < 4.78 is 5.25. The Balaban J connectivity index is 2.09. The van der Waals surface area contributed by atoms with Gasteiger partial charge >= 0.3 is 0 Å². The van der Waals surface area contributed by atoms with Gasteiger partial charge in [0.25, 0.3) is 0 Å². The minimum absolute atomic E-state index is 0.695. The highest BCUT2D eigenvalue weighted by Crippen LogP contribution is 2.17. The lowest BCUT2D eigenvalue weighted by molar-refractivity contribution is 0.413. The molecule has 1 heterocycles. The summed E-state index contributed by atoms with van der Waals surface area (Å²) in [6.45, 7) is 6.91. The summed E-state index contributed by atoms with van der Waals surface area (Å²) in [6.07, 6.45) is 0. The Hall–Kier alpha value is -2.03. The van der Waals surface area contributed by atoms with Gasteiger partial charge in [0.05, 0.1) is 19.3 Å². The van der Waals surface area contributed by atoms with E-state index in [9.17, 15) is 0 Å². The quantitative estimate of drug-likeness (QED) is 0.907. The van der Waals surface area contributed by atoms with Crippen LogP contribution in [0.1, 0.15) is 22.5 Å². The molecule has 0 atom stereocenters. The zero-order chi connectivity index (χ0) is 13.8. The third-order valence-electron chi connectivity index (χ3n) is 3.20. The molecule has 0 amide bonds. The molecule has 3 nitrogen and oxygen atoms in total. The molecule has 0 saturated heterocycles. The summed E-state index contributed by atoms with van der Waals surface area (Å²) in [6, 6.07) is 10.3. The van der Waals surface area contributed by atoms with E-state index >= 15 is 0 Å². The molecule has 1 N–H and O–H groups in total. The fourth-order valence-electron chi connectivity index (χ4n) is 1.96. The monoisotopic (exact) mass is 256 g/mol. The van der Waals surface area contributed by atoms with Crippen LogP contribution in [0.15, 0.2) is 30.3 Å². The first-order valence-electron chi connectivity index (χ1n) is 6.41. The number of pyridine rings is 1. The molecule has 0 aliphatic rings. The van der Waals surface area contributed by atoms with Crippen LogP contribution < -0.4 is 10.1 Å². The minimum atomic E-state index is 0.695. The second-order valence-electron chi connectivity index (χ2n) is 4.79. The lowest BCUT2D eigenvalue weighted by atomic mass is 10.1. The molecule has 0 unspecified atom stereocenters. The van der Waals surface area contributed by atoms with Gasteiger partial charge in [-0.25, -0.2) is 0 Å². The summed E-state index contributed by atoms with van der Waals surface area (Å²) in [5.41, 5.74) is 5.66. The van der Waals surface area contributed by atoms with E-state index in [1.54, 1.807) is 7.11 Å². The van der Waals surface area contributed by atoms with E-state index in [2.05, 4.69) is 42.3 Å². The molecule has 2 aromatic rings. The molecule has 19 heavy (non-hydrogen) atoms. The fourth-order valence-corrected chi connectivity index (χ4v) is 1.96. The lowest BCUT2D eigenvalue weighted by Crippen LogP contribution is -2.03. The number of nitrogens with zero attached hydrogens (tertiary/aromatic N) is 1. The van der Waals surface area contributed by atoms with Gasteiger partial charge in [-0.15, -0.1) is 0 Å². The zero-order valence-corrected chi connectivity index (χ0v) is 11.9. The van der Waals surface area contributed by atoms with E-state index in [4.69, 9.17) is 4.74 Å². The smallest absolute Gasteiger partial charge is 0.122 e. The zero-order valence-electron chi connectivity index (χ0n) is 11.9. The summed E-state index contributed by atoms with van der Waals surface area (Å²) in [7, 11) is 1.68. The van der Waals surface area contributed by atoms with Crippen molar-refractivity contribution in [2.75, 3.05) is 12.4 Å². The van der Waals surface area contributed by atoms with Crippen molar-refractivity contribution in [3.8, 4) is 5.75 Å². The number of benzene rings is 1. The van der Waals surface area contributed by atoms with Crippen LogP contribution in [0.4, 0.5) is 5.69 Å². The first kappa shape index (κ1) is 13.4. The lowest BCUT2D eigenvalue weighted by Gasteiger charge is -2.10. The summed E-state index contributed by atoms with van der Waals surface area (Å²) in [5, 5.41) is 3.39. The Morgan fingerprint density at radius 2 is 1.84 bits per heavy atom. The van der Waals surface area contributed by atoms with Crippen molar-refractivity contribution < 1.29 is 4.74 Å². The van der Waals surface area contributed by atoms with E-state index < -0.39 is 0 Å². The summed E-state index contributed by atoms with van der Waals surface area (Å²) in [4.78, 5) is 4.49. The van der Waals surface area contributed by atoms with Crippen LogP contribution in [0.3, 0.4) is 0 Å². The highest BCUT2D eigenvalue weighted by Gasteiger charge is 2.01. The third-order valence-corrected chi connectivity index (χ3v) is 3.20. The molecule has 1 aromatic carbocycles. The van der Waals surface area contributed by atoms with Crippen LogP contribution >= 0.6 is 0 Å². The maximum Gasteiger partial charge on any atom is 0.122 e. The second-order valence-corrected chi connectivity index (χ2v) is 4.79. The Bertz CT molecular complexity index is 579. The van der Waals surface area contributed by atoms with Crippen molar-refractivity contribution in [1.29, 1.82) is 0 Å². The van der Waals surface area contributed by atoms with Crippen molar-refractivity contribution in [3.63, 3.8) is 0 Å². The van der Waals surface area contributed by atoms with E-state index in [-0.39, 0.29) is 0 Å². The summed E-state index contributed by atoms with van der Waals surface area (Å²) in [5.74, 6) is 0.851. The maximum absolute atomic E-state index is 5.25. The fraction of sp³-hybridized carbons (Fsp3) is 0.312. The molecule has 2 rings (SSSR count). The number of methoxy groups -OCH3 is 1. The highest BCUT2D eigenvalue weighted by molar-refractivity contribution is 5.48. The SMILES string of the molecule is COc1cc(C)nc(CNc2ccc(C)c(C)c2)c1.